The van der Waals surface area contributed by atoms with E-state index in [0.717, 1.165) is 30.8 Å². The maximum atomic E-state index is 11.7. The zero-order chi connectivity index (χ0) is 15.2. The fourth-order valence-corrected chi connectivity index (χ4v) is 2.57. The Kier molecular flexibility index (Phi) is 3.20. The van der Waals surface area contributed by atoms with E-state index in [0.29, 0.717) is 12.4 Å². The van der Waals surface area contributed by atoms with Gasteiger partial charge < -0.3 is 0 Å². The van der Waals surface area contributed by atoms with Crippen LogP contribution in [-0.4, -0.2) is 41.4 Å². The molecule has 0 aliphatic carbocycles. The molecular weight excluding hydrogens is 270 g/mol. The van der Waals surface area contributed by atoms with Gasteiger partial charge in [-0.15, -0.1) is 10.2 Å². The van der Waals surface area contributed by atoms with E-state index in [1.165, 1.54) is 0 Å². The number of rotatable bonds is 2. The molecular formula is C13H21N7O. The fraction of sp³-hybridized carbons (Fsp3) is 0.692. The molecule has 0 spiro atoms. The van der Waals surface area contributed by atoms with E-state index in [9.17, 15) is 4.79 Å². The number of hydrogen-bond acceptors (Lipinski definition) is 5. The highest BCUT2D eigenvalue weighted by Gasteiger charge is 2.24. The first-order chi connectivity index (χ1) is 9.84. The van der Waals surface area contributed by atoms with Crippen LogP contribution >= 0.6 is 0 Å². The highest BCUT2D eigenvalue weighted by Crippen LogP contribution is 2.16. The summed E-state index contributed by atoms with van der Waals surface area (Å²) in [6, 6.07) is 0. The Morgan fingerprint density at radius 3 is 2.76 bits per heavy atom. The molecule has 0 unspecified atom stereocenters. The molecule has 0 bridgehead atoms. The number of aromatic amines is 1. The molecule has 0 aromatic carbocycles. The average molecular weight is 291 g/mol. The van der Waals surface area contributed by atoms with E-state index >= 15 is 0 Å². The minimum atomic E-state index is -0.162. The lowest BCUT2D eigenvalue weighted by molar-refractivity contribution is 0.230. The summed E-state index contributed by atoms with van der Waals surface area (Å²) < 4.78 is 1.81. The van der Waals surface area contributed by atoms with Crippen molar-refractivity contribution in [2.75, 3.05) is 6.54 Å². The van der Waals surface area contributed by atoms with Crippen LogP contribution in [0.4, 0.5) is 0 Å². The van der Waals surface area contributed by atoms with E-state index in [2.05, 4.69) is 25.4 Å². The molecule has 0 amide bonds. The number of hydrogen-bond donors (Lipinski definition) is 1. The number of nitrogens with zero attached hydrogens (tertiary/aromatic N) is 6. The van der Waals surface area contributed by atoms with Gasteiger partial charge in [0.15, 0.2) is 5.82 Å². The summed E-state index contributed by atoms with van der Waals surface area (Å²) in [5.74, 6) is 0.717. The van der Waals surface area contributed by atoms with Gasteiger partial charge in [0.1, 0.15) is 0 Å². The minimum Gasteiger partial charge on any atom is -0.291 e. The van der Waals surface area contributed by atoms with Crippen LogP contribution in [-0.2, 0) is 32.1 Å². The highest BCUT2D eigenvalue weighted by molar-refractivity contribution is 5.20. The van der Waals surface area contributed by atoms with E-state index in [1.807, 2.05) is 32.5 Å². The standard InChI is InChI=1S/C13H21N7O/c1-13(2,3)20-15-11(14-17-20)8-19-6-5-9-10(7-19)18(4)16-12(9)21/h5-8H2,1-4H3,(H,16,21). The average Bonchev–Trinajstić information content (AvgIpc) is 2.96. The monoisotopic (exact) mass is 291 g/mol. The first kappa shape index (κ1) is 14.0. The van der Waals surface area contributed by atoms with Gasteiger partial charge in [-0.3, -0.25) is 19.5 Å². The maximum absolute atomic E-state index is 11.7. The molecule has 114 valence electrons. The van der Waals surface area contributed by atoms with Crippen LogP contribution < -0.4 is 5.56 Å². The van der Waals surface area contributed by atoms with Crippen molar-refractivity contribution in [2.24, 2.45) is 7.05 Å². The molecule has 1 aliphatic heterocycles. The van der Waals surface area contributed by atoms with Crippen LogP contribution in [0.15, 0.2) is 4.79 Å². The van der Waals surface area contributed by atoms with E-state index in [1.54, 1.807) is 4.80 Å². The molecule has 0 saturated carbocycles. The second-order valence-corrected chi connectivity index (χ2v) is 6.55. The van der Waals surface area contributed by atoms with Crippen LogP contribution in [0.25, 0.3) is 0 Å². The molecule has 0 saturated heterocycles. The first-order valence-corrected chi connectivity index (χ1v) is 7.13. The van der Waals surface area contributed by atoms with Crippen molar-refractivity contribution >= 4 is 0 Å². The minimum absolute atomic E-state index is 0.0314. The molecule has 8 heteroatoms. The highest BCUT2D eigenvalue weighted by atomic mass is 16.1. The lowest BCUT2D eigenvalue weighted by atomic mass is 10.1. The van der Waals surface area contributed by atoms with Crippen molar-refractivity contribution in [3.8, 4) is 0 Å². The van der Waals surface area contributed by atoms with Gasteiger partial charge in [-0.25, -0.2) is 0 Å². The summed E-state index contributed by atoms with van der Waals surface area (Å²) in [5, 5.41) is 15.5. The Balaban J connectivity index is 1.74. The fourth-order valence-electron chi connectivity index (χ4n) is 2.57. The number of aryl methyl sites for hydroxylation is 1. The van der Waals surface area contributed by atoms with Gasteiger partial charge in [0.2, 0.25) is 0 Å². The Morgan fingerprint density at radius 1 is 1.33 bits per heavy atom. The van der Waals surface area contributed by atoms with Gasteiger partial charge in [0.05, 0.1) is 17.8 Å². The third kappa shape index (κ3) is 2.63. The molecule has 0 atom stereocenters. The Bertz CT molecular complexity index is 703. The second-order valence-electron chi connectivity index (χ2n) is 6.55. The van der Waals surface area contributed by atoms with Gasteiger partial charge in [-0.05, 0) is 32.4 Å². The molecule has 21 heavy (non-hydrogen) atoms. The van der Waals surface area contributed by atoms with E-state index in [-0.39, 0.29) is 11.1 Å². The van der Waals surface area contributed by atoms with Gasteiger partial charge in [0, 0.05) is 25.7 Å². The number of tetrazole rings is 1. The number of nitrogens with one attached hydrogen (secondary N) is 1. The smallest absolute Gasteiger partial charge is 0.267 e. The van der Waals surface area contributed by atoms with Crippen molar-refractivity contribution in [3.63, 3.8) is 0 Å². The molecule has 0 radical (unpaired) electrons. The molecule has 1 N–H and O–H groups in total. The Labute approximate surface area is 122 Å². The number of H-pyrrole nitrogens is 1. The third-order valence-corrected chi connectivity index (χ3v) is 3.77. The van der Waals surface area contributed by atoms with Crippen molar-refractivity contribution in [1.29, 1.82) is 0 Å². The largest absolute Gasteiger partial charge is 0.291 e. The molecule has 2 aromatic rings. The van der Waals surface area contributed by atoms with Crippen LogP contribution in [0.2, 0.25) is 0 Å². The molecule has 2 aromatic heterocycles. The van der Waals surface area contributed by atoms with Gasteiger partial charge in [0.25, 0.3) is 5.56 Å². The van der Waals surface area contributed by atoms with Crippen LogP contribution in [0, 0.1) is 0 Å². The number of aromatic nitrogens is 6. The summed E-state index contributed by atoms with van der Waals surface area (Å²) in [5.41, 5.74) is 1.82. The Morgan fingerprint density at radius 2 is 2.10 bits per heavy atom. The second kappa shape index (κ2) is 4.80. The zero-order valence-electron chi connectivity index (χ0n) is 12.9. The van der Waals surface area contributed by atoms with Crippen molar-refractivity contribution in [2.45, 2.75) is 45.8 Å². The molecule has 1 aliphatic rings. The topological polar surface area (TPSA) is 84.6 Å². The van der Waals surface area contributed by atoms with Gasteiger partial charge >= 0.3 is 0 Å². The van der Waals surface area contributed by atoms with Crippen molar-refractivity contribution < 1.29 is 0 Å². The summed E-state index contributed by atoms with van der Waals surface area (Å²) in [7, 11) is 1.87. The lowest BCUT2D eigenvalue weighted by Gasteiger charge is -2.25. The third-order valence-electron chi connectivity index (χ3n) is 3.77. The normalized spacial score (nSPS) is 16.2. The van der Waals surface area contributed by atoms with Crippen molar-refractivity contribution in [1.82, 2.24) is 34.9 Å². The molecule has 0 fully saturated rings. The SMILES string of the molecule is Cn1[nH]c(=O)c2c1CN(Cc1nnn(C(C)(C)C)n1)CC2. The zero-order valence-corrected chi connectivity index (χ0v) is 12.9. The van der Waals surface area contributed by atoms with Gasteiger partial charge in [-0.1, -0.05) is 0 Å². The summed E-state index contributed by atoms with van der Waals surface area (Å²) in [4.78, 5) is 15.6. The number of fused-ring (bicyclic) bond motifs is 1. The summed E-state index contributed by atoms with van der Waals surface area (Å²) >= 11 is 0. The predicted molar refractivity (Wildman–Crippen MR) is 76.7 cm³/mol. The van der Waals surface area contributed by atoms with E-state index < -0.39 is 0 Å². The maximum Gasteiger partial charge on any atom is 0.267 e. The van der Waals surface area contributed by atoms with Crippen LogP contribution in [0.5, 0.6) is 0 Å². The van der Waals surface area contributed by atoms with Crippen LogP contribution in [0.3, 0.4) is 0 Å². The quantitative estimate of drug-likeness (QED) is 0.843. The molecule has 3 rings (SSSR count). The van der Waals surface area contributed by atoms with Crippen LogP contribution in [0.1, 0.15) is 37.9 Å². The summed E-state index contributed by atoms with van der Waals surface area (Å²) in [6.07, 6.45) is 0.763. The molecule has 8 nitrogen and oxygen atoms in total. The van der Waals surface area contributed by atoms with Gasteiger partial charge in [-0.2, -0.15) is 4.80 Å². The lowest BCUT2D eigenvalue weighted by Crippen LogP contribution is -2.32. The first-order valence-electron chi connectivity index (χ1n) is 7.13. The van der Waals surface area contributed by atoms with Crippen molar-refractivity contribution in [3.05, 3.63) is 27.4 Å². The Hall–Kier alpha value is -1.96. The summed E-state index contributed by atoms with van der Waals surface area (Å²) in [6.45, 7) is 8.34. The predicted octanol–water partition coefficient (Wildman–Crippen LogP) is 0.0132. The molecule has 3 heterocycles. The van der Waals surface area contributed by atoms with E-state index in [4.69, 9.17) is 0 Å².